The Balaban J connectivity index is 5.10. The highest BCUT2D eigenvalue weighted by atomic mass is 28.4. The predicted octanol–water partition coefficient (Wildman–Crippen LogP) is 3.48. The van der Waals surface area contributed by atoms with E-state index in [0.717, 1.165) is 11.9 Å². The lowest BCUT2D eigenvalue weighted by Gasteiger charge is -2.39. The number of carbonyl (C=O) groups is 2. The first-order chi connectivity index (χ1) is 9.05. The molecule has 0 heterocycles. The summed E-state index contributed by atoms with van der Waals surface area (Å²) in [6.07, 6.45) is 1.94. The number of allylic oxidation sites excluding steroid dienone is 1. The molecule has 0 rings (SSSR count). The molecule has 0 aliphatic heterocycles. The molecule has 0 aliphatic rings. The van der Waals surface area contributed by atoms with Crippen LogP contribution in [0.3, 0.4) is 0 Å². The number of esters is 1. The lowest BCUT2D eigenvalue weighted by molar-refractivity contribution is -0.144. The molecule has 0 aromatic carbocycles. The molecule has 0 saturated heterocycles. The van der Waals surface area contributed by atoms with Crippen LogP contribution in [-0.4, -0.2) is 33.3 Å². The molecule has 0 bridgehead atoms. The lowest BCUT2D eigenvalue weighted by atomic mass is 10.1. The topological polar surface area (TPSA) is 52.6 Å². The summed E-state index contributed by atoms with van der Waals surface area (Å²) in [7, 11) is -2.01. The van der Waals surface area contributed by atoms with Crippen molar-refractivity contribution in [1.29, 1.82) is 0 Å². The van der Waals surface area contributed by atoms with Gasteiger partial charge in [-0.15, -0.1) is 0 Å². The van der Waals surface area contributed by atoms with Crippen molar-refractivity contribution in [2.75, 3.05) is 6.61 Å². The van der Waals surface area contributed by atoms with Crippen molar-refractivity contribution in [3.05, 3.63) is 11.6 Å². The summed E-state index contributed by atoms with van der Waals surface area (Å²) in [6.45, 7) is 14.6. The molecule has 0 spiro atoms. The number of aldehydes is 1. The summed E-state index contributed by atoms with van der Waals surface area (Å²) in [5.74, 6) is -0.296. The van der Waals surface area contributed by atoms with Gasteiger partial charge in [0.25, 0.3) is 0 Å². The third-order valence-corrected chi connectivity index (χ3v) is 8.23. The fourth-order valence-electron chi connectivity index (χ4n) is 1.41. The Hall–Kier alpha value is -0.943. The third kappa shape index (κ3) is 6.01. The van der Waals surface area contributed by atoms with E-state index in [1.807, 2.05) is 6.92 Å². The van der Waals surface area contributed by atoms with Gasteiger partial charge in [0.2, 0.25) is 0 Å². The average Bonchev–Trinajstić information content (AvgIpc) is 2.26. The molecule has 0 aromatic rings. The van der Waals surface area contributed by atoms with Gasteiger partial charge in [0, 0.05) is 0 Å². The first-order valence-corrected chi connectivity index (χ1v) is 9.91. The van der Waals surface area contributed by atoms with Crippen molar-refractivity contribution in [2.45, 2.75) is 65.3 Å². The van der Waals surface area contributed by atoms with E-state index in [-0.39, 0.29) is 23.5 Å². The molecule has 1 atom stereocenters. The quantitative estimate of drug-likeness (QED) is 0.313. The Bertz CT molecular complexity index is 367. The molecular weight excluding hydrogens is 272 g/mol. The Kier molecular flexibility index (Phi) is 7.37. The molecular formula is C15H28O4Si. The highest BCUT2D eigenvalue weighted by molar-refractivity contribution is 6.74. The molecule has 0 N–H and O–H groups in total. The van der Waals surface area contributed by atoms with Gasteiger partial charge in [0.05, 0.1) is 19.1 Å². The molecule has 4 nitrogen and oxygen atoms in total. The van der Waals surface area contributed by atoms with Crippen LogP contribution in [0, 0.1) is 0 Å². The molecule has 0 amide bonds. The summed E-state index contributed by atoms with van der Waals surface area (Å²) in [5.41, 5.74) is 0.762. The largest absolute Gasteiger partial charge is 0.466 e. The number of carbonyl (C=O) groups excluding carboxylic acids is 2. The van der Waals surface area contributed by atoms with Crippen molar-refractivity contribution in [3.8, 4) is 0 Å². The van der Waals surface area contributed by atoms with Gasteiger partial charge >= 0.3 is 5.97 Å². The van der Waals surface area contributed by atoms with Crippen LogP contribution >= 0.6 is 0 Å². The summed E-state index contributed by atoms with van der Waals surface area (Å²) < 4.78 is 11.2. The Morgan fingerprint density at radius 2 is 1.85 bits per heavy atom. The standard InChI is InChI=1S/C15H28O4Si/c1-8-18-14(17)11-13(12(2)9-10-16)19-20(6,7)15(3,4)5/h9-10,13H,8,11H2,1-7H3/b12-9+. The van der Waals surface area contributed by atoms with Gasteiger partial charge in [-0.25, -0.2) is 0 Å². The first-order valence-electron chi connectivity index (χ1n) is 7.00. The maximum Gasteiger partial charge on any atom is 0.308 e. The summed E-state index contributed by atoms with van der Waals surface area (Å²) in [6, 6.07) is 0. The van der Waals surface area contributed by atoms with Crippen molar-refractivity contribution in [2.24, 2.45) is 0 Å². The van der Waals surface area contributed by atoms with Crippen molar-refractivity contribution in [1.82, 2.24) is 0 Å². The van der Waals surface area contributed by atoms with Crippen LogP contribution in [0.25, 0.3) is 0 Å². The zero-order chi connectivity index (χ0) is 16.0. The van der Waals surface area contributed by atoms with Crippen LogP contribution in [0.4, 0.5) is 0 Å². The molecule has 1 unspecified atom stereocenters. The highest BCUT2D eigenvalue weighted by Gasteiger charge is 2.39. The van der Waals surface area contributed by atoms with E-state index in [9.17, 15) is 9.59 Å². The minimum Gasteiger partial charge on any atom is -0.466 e. The van der Waals surface area contributed by atoms with Crippen LogP contribution in [-0.2, 0) is 18.8 Å². The fourth-order valence-corrected chi connectivity index (χ4v) is 2.75. The van der Waals surface area contributed by atoms with Crippen molar-refractivity contribution in [3.63, 3.8) is 0 Å². The molecule has 5 heteroatoms. The maximum absolute atomic E-state index is 11.7. The monoisotopic (exact) mass is 300 g/mol. The highest BCUT2D eigenvalue weighted by Crippen LogP contribution is 2.38. The Morgan fingerprint density at radius 3 is 2.25 bits per heavy atom. The van der Waals surface area contributed by atoms with Gasteiger partial charge in [-0.05, 0) is 43.6 Å². The molecule has 0 aromatic heterocycles. The van der Waals surface area contributed by atoms with E-state index in [1.165, 1.54) is 6.08 Å². The molecule has 116 valence electrons. The minimum absolute atomic E-state index is 0.0430. The predicted molar refractivity (Wildman–Crippen MR) is 83.1 cm³/mol. The van der Waals surface area contributed by atoms with Gasteiger partial charge in [0.1, 0.15) is 6.29 Å². The minimum atomic E-state index is -2.01. The van der Waals surface area contributed by atoms with Crippen molar-refractivity contribution >= 4 is 20.6 Å². The van der Waals surface area contributed by atoms with E-state index in [0.29, 0.717) is 6.61 Å². The molecule has 0 fully saturated rings. The second kappa shape index (κ2) is 7.74. The van der Waals surface area contributed by atoms with Gasteiger partial charge in [-0.3, -0.25) is 9.59 Å². The van der Waals surface area contributed by atoms with Crippen LogP contribution in [0.5, 0.6) is 0 Å². The second-order valence-electron chi connectivity index (χ2n) is 6.42. The van der Waals surface area contributed by atoms with Crippen LogP contribution in [0.2, 0.25) is 18.1 Å². The number of rotatable bonds is 7. The van der Waals surface area contributed by atoms with E-state index < -0.39 is 8.32 Å². The first kappa shape index (κ1) is 19.1. The van der Waals surface area contributed by atoms with E-state index >= 15 is 0 Å². The summed E-state index contributed by atoms with van der Waals surface area (Å²) >= 11 is 0. The van der Waals surface area contributed by atoms with E-state index in [2.05, 4.69) is 33.9 Å². The number of hydrogen-bond donors (Lipinski definition) is 0. The normalized spacial score (nSPS) is 14.8. The molecule has 0 saturated carbocycles. The molecule has 0 aliphatic carbocycles. The Morgan fingerprint density at radius 1 is 1.30 bits per heavy atom. The SMILES string of the molecule is CCOC(=O)CC(O[Si](C)(C)C(C)(C)C)/C(C)=C/C=O. The van der Waals surface area contributed by atoms with Gasteiger partial charge < -0.3 is 9.16 Å². The zero-order valence-electron chi connectivity index (χ0n) is 13.8. The van der Waals surface area contributed by atoms with Crippen molar-refractivity contribution < 1.29 is 18.8 Å². The summed E-state index contributed by atoms with van der Waals surface area (Å²) in [4.78, 5) is 22.4. The second-order valence-corrected chi connectivity index (χ2v) is 11.2. The number of hydrogen-bond acceptors (Lipinski definition) is 4. The molecule has 0 radical (unpaired) electrons. The van der Waals surface area contributed by atoms with Gasteiger partial charge in [-0.2, -0.15) is 0 Å². The van der Waals surface area contributed by atoms with Gasteiger partial charge in [-0.1, -0.05) is 20.8 Å². The van der Waals surface area contributed by atoms with Gasteiger partial charge in [0.15, 0.2) is 8.32 Å². The average molecular weight is 300 g/mol. The van der Waals surface area contributed by atoms with Crippen LogP contribution in [0.15, 0.2) is 11.6 Å². The van der Waals surface area contributed by atoms with Crippen LogP contribution in [0.1, 0.15) is 41.0 Å². The lowest BCUT2D eigenvalue weighted by Crippen LogP contribution is -2.44. The fraction of sp³-hybridized carbons (Fsp3) is 0.733. The zero-order valence-corrected chi connectivity index (χ0v) is 14.8. The van der Waals surface area contributed by atoms with E-state index in [4.69, 9.17) is 9.16 Å². The van der Waals surface area contributed by atoms with Crippen LogP contribution < -0.4 is 0 Å². The third-order valence-electron chi connectivity index (χ3n) is 3.74. The maximum atomic E-state index is 11.7. The molecule has 20 heavy (non-hydrogen) atoms. The van der Waals surface area contributed by atoms with E-state index in [1.54, 1.807) is 6.92 Å². The number of ether oxygens (including phenoxy) is 1. The smallest absolute Gasteiger partial charge is 0.308 e. The Labute approximate surface area is 123 Å². The summed E-state index contributed by atoms with van der Waals surface area (Å²) in [5, 5.41) is 0.0430.